The molecule has 2 aromatic rings. The molecule has 27 heavy (non-hydrogen) atoms. The smallest absolute Gasteiger partial charge is 0.492 e. The van der Waals surface area contributed by atoms with Crippen molar-refractivity contribution in [1.29, 1.82) is 0 Å². The molecule has 1 amide bonds. The molecule has 5 nitrogen and oxygen atoms in total. The van der Waals surface area contributed by atoms with Crippen LogP contribution in [0, 0.1) is 0 Å². The first-order valence-electron chi connectivity index (χ1n) is 9.12. The molecule has 2 aromatic carbocycles. The molecule has 1 fully saturated rings. The standard InChI is InChI=1S/C21H26BNO4/c1-14(24)23-13-17(22-26-20(2,3)21(4,5)27-22)12-16-11-10-15-8-6-7-9-18(15)19(16)25/h6-12,25H,13H2,1-5H3,(H,23,24). The fraction of sp³-hybridized carbons (Fsp3) is 0.381. The number of carbonyl (C=O) groups excluding carboxylic acids is 1. The quantitative estimate of drug-likeness (QED) is 0.809. The van der Waals surface area contributed by atoms with E-state index in [-0.39, 0.29) is 18.2 Å². The maximum atomic E-state index is 11.4. The molecule has 0 unspecified atom stereocenters. The van der Waals surface area contributed by atoms with Crippen molar-refractivity contribution in [3.63, 3.8) is 0 Å². The van der Waals surface area contributed by atoms with Crippen LogP contribution in [0.4, 0.5) is 0 Å². The number of phenolic OH excluding ortho intramolecular Hbond substituents is 1. The Morgan fingerprint density at radius 2 is 1.74 bits per heavy atom. The van der Waals surface area contributed by atoms with E-state index in [4.69, 9.17) is 9.31 Å². The average molecular weight is 367 g/mol. The van der Waals surface area contributed by atoms with Crippen molar-refractivity contribution >= 4 is 29.9 Å². The minimum absolute atomic E-state index is 0.139. The molecule has 0 aromatic heterocycles. The number of benzene rings is 2. The average Bonchev–Trinajstić information content (AvgIpc) is 2.81. The molecule has 0 atom stereocenters. The summed E-state index contributed by atoms with van der Waals surface area (Å²) in [6.07, 6.45) is 1.83. The molecule has 1 aliphatic rings. The Kier molecular flexibility index (Phi) is 5.06. The summed E-state index contributed by atoms with van der Waals surface area (Å²) in [5.74, 6) is 0.0603. The maximum absolute atomic E-state index is 11.4. The van der Waals surface area contributed by atoms with Gasteiger partial charge < -0.3 is 19.7 Å². The van der Waals surface area contributed by atoms with Gasteiger partial charge in [0.2, 0.25) is 5.91 Å². The Hall–Kier alpha value is -2.31. The largest absolute Gasteiger partial charge is 0.507 e. The van der Waals surface area contributed by atoms with Crippen molar-refractivity contribution in [3.05, 3.63) is 47.4 Å². The molecule has 0 saturated carbocycles. The summed E-state index contributed by atoms with van der Waals surface area (Å²) >= 11 is 0. The lowest BCUT2D eigenvalue weighted by molar-refractivity contribution is -0.118. The van der Waals surface area contributed by atoms with Crippen LogP contribution in [0.1, 0.15) is 40.2 Å². The van der Waals surface area contributed by atoms with E-state index < -0.39 is 18.3 Å². The molecule has 0 aliphatic carbocycles. The van der Waals surface area contributed by atoms with Gasteiger partial charge in [-0.1, -0.05) is 42.5 Å². The van der Waals surface area contributed by atoms with E-state index in [1.54, 1.807) is 0 Å². The van der Waals surface area contributed by atoms with Crippen LogP contribution < -0.4 is 5.32 Å². The zero-order valence-corrected chi connectivity index (χ0v) is 16.5. The number of aromatic hydroxyl groups is 1. The lowest BCUT2D eigenvalue weighted by atomic mass is 9.76. The van der Waals surface area contributed by atoms with Crippen molar-refractivity contribution in [1.82, 2.24) is 5.32 Å². The van der Waals surface area contributed by atoms with E-state index in [0.717, 1.165) is 16.2 Å². The highest BCUT2D eigenvalue weighted by Crippen LogP contribution is 2.39. The molecule has 0 radical (unpaired) electrons. The minimum Gasteiger partial charge on any atom is -0.507 e. The fourth-order valence-corrected chi connectivity index (χ4v) is 3.01. The molecular formula is C21H26BNO4. The SMILES string of the molecule is CC(=O)NCC(=Cc1ccc2ccccc2c1O)B1OC(C)(C)C(C)(C)O1. The van der Waals surface area contributed by atoms with Crippen LogP contribution in [0.25, 0.3) is 16.8 Å². The van der Waals surface area contributed by atoms with Gasteiger partial charge in [0.05, 0.1) is 11.2 Å². The van der Waals surface area contributed by atoms with Gasteiger partial charge in [0.1, 0.15) is 5.75 Å². The summed E-state index contributed by atoms with van der Waals surface area (Å²) in [6, 6.07) is 11.5. The van der Waals surface area contributed by atoms with Crippen LogP contribution >= 0.6 is 0 Å². The highest BCUT2D eigenvalue weighted by Gasteiger charge is 2.52. The van der Waals surface area contributed by atoms with Crippen molar-refractivity contribution in [2.75, 3.05) is 6.54 Å². The number of amides is 1. The van der Waals surface area contributed by atoms with Crippen LogP contribution in [-0.2, 0) is 14.1 Å². The summed E-state index contributed by atoms with van der Waals surface area (Å²) in [4.78, 5) is 11.4. The molecule has 3 rings (SSSR count). The van der Waals surface area contributed by atoms with E-state index >= 15 is 0 Å². The zero-order valence-electron chi connectivity index (χ0n) is 16.5. The van der Waals surface area contributed by atoms with Crippen molar-refractivity contribution in [2.45, 2.75) is 45.8 Å². The van der Waals surface area contributed by atoms with E-state index in [1.165, 1.54) is 6.92 Å². The monoisotopic (exact) mass is 367 g/mol. The highest BCUT2D eigenvalue weighted by atomic mass is 16.7. The lowest BCUT2D eigenvalue weighted by Gasteiger charge is -2.32. The van der Waals surface area contributed by atoms with E-state index in [9.17, 15) is 9.90 Å². The normalized spacial score (nSPS) is 18.7. The van der Waals surface area contributed by atoms with Gasteiger partial charge in [-0.2, -0.15) is 0 Å². The number of rotatable bonds is 4. The van der Waals surface area contributed by atoms with Gasteiger partial charge in [-0.25, -0.2) is 0 Å². The lowest BCUT2D eigenvalue weighted by Crippen LogP contribution is -2.41. The summed E-state index contributed by atoms with van der Waals surface area (Å²) in [6.45, 7) is 9.67. The van der Waals surface area contributed by atoms with Crippen LogP contribution in [0.3, 0.4) is 0 Å². The van der Waals surface area contributed by atoms with Crippen molar-refractivity contribution in [2.24, 2.45) is 0 Å². The van der Waals surface area contributed by atoms with Gasteiger partial charge in [-0.3, -0.25) is 4.79 Å². The topological polar surface area (TPSA) is 67.8 Å². The number of phenols is 1. The number of nitrogens with one attached hydrogen (secondary N) is 1. The fourth-order valence-electron chi connectivity index (χ4n) is 3.01. The first-order valence-corrected chi connectivity index (χ1v) is 9.12. The highest BCUT2D eigenvalue weighted by molar-refractivity contribution is 6.56. The Morgan fingerprint density at radius 1 is 1.11 bits per heavy atom. The van der Waals surface area contributed by atoms with Gasteiger partial charge in [0.15, 0.2) is 0 Å². The molecule has 1 saturated heterocycles. The first-order chi connectivity index (χ1) is 12.6. The summed E-state index contributed by atoms with van der Waals surface area (Å²) < 4.78 is 12.3. The summed E-state index contributed by atoms with van der Waals surface area (Å²) in [5, 5.41) is 15.3. The summed E-state index contributed by atoms with van der Waals surface area (Å²) in [5.41, 5.74) is 0.426. The molecule has 142 valence electrons. The Morgan fingerprint density at radius 3 is 2.37 bits per heavy atom. The van der Waals surface area contributed by atoms with Crippen LogP contribution in [-0.4, -0.2) is 35.9 Å². The number of hydrogen-bond acceptors (Lipinski definition) is 4. The predicted molar refractivity (Wildman–Crippen MR) is 108 cm³/mol. The predicted octanol–water partition coefficient (Wildman–Crippen LogP) is 3.70. The Bertz CT molecular complexity index is 888. The van der Waals surface area contributed by atoms with Gasteiger partial charge >= 0.3 is 7.12 Å². The van der Waals surface area contributed by atoms with Gasteiger partial charge in [-0.05, 0) is 38.6 Å². The Labute approximate surface area is 160 Å². The number of hydrogen-bond donors (Lipinski definition) is 2. The minimum atomic E-state index is -0.604. The maximum Gasteiger partial charge on any atom is 0.492 e. The molecule has 6 heteroatoms. The second-order valence-corrected chi connectivity index (χ2v) is 7.94. The zero-order chi connectivity index (χ0) is 19.8. The van der Waals surface area contributed by atoms with Gasteiger partial charge in [0.25, 0.3) is 0 Å². The first kappa shape index (κ1) is 19.5. The second kappa shape index (κ2) is 7.02. The molecule has 1 heterocycles. The van der Waals surface area contributed by atoms with Crippen molar-refractivity contribution in [3.8, 4) is 5.75 Å². The van der Waals surface area contributed by atoms with E-state index in [0.29, 0.717) is 5.56 Å². The Balaban J connectivity index is 2.01. The van der Waals surface area contributed by atoms with Crippen LogP contribution in [0.2, 0.25) is 0 Å². The molecule has 0 bridgehead atoms. The van der Waals surface area contributed by atoms with Gasteiger partial charge in [-0.15, -0.1) is 0 Å². The molecule has 1 aliphatic heterocycles. The van der Waals surface area contributed by atoms with Crippen molar-refractivity contribution < 1.29 is 19.2 Å². The molecule has 2 N–H and O–H groups in total. The number of carbonyl (C=O) groups is 1. The third kappa shape index (κ3) is 3.87. The third-order valence-electron chi connectivity index (χ3n) is 5.37. The summed E-state index contributed by atoms with van der Waals surface area (Å²) in [7, 11) is -0.604. The second-order valence-electron chi connectivity index (χ2n) is 7.94. The van der Waals surface area contributed by atoms with Crippen LogP contribution in [0.5, 0.6) is 5.75 Å². The van der Waals surface area contributed by atoms with Gasteiger partial charge in [0, 0.05) is 24.4 Å². The van der Waals surface area contributed by atoms with E-state index in [2.05, 4.69) is 5.32 Å². The number of fused-ring (bicyclic) bond motifs is 1. The van der Waals surface area contributed by atoms with Crippen LogP contribution in [0.15, 0.2) is 41.9 Å². The van der Waals surface area contributed by atoms with E-state index in [1.807, 2.05) is 70.2 Å². The third-order valence-corrected chi connectivity index (χ3v) is 5.37. The molecular weight excluding hydrogens is 341 g/mol. The molecule has 0 spiro atoms.